The van der Waals surface area contributed by atoms with E-state index in [2.05, 4.69) is 15.6 Å². The van der Waals surface area contributed by atoms with E-state index in [-0.39, 0.29) is 5.78 Å². The lowest BCUT2D eigenvalue weighted by Crippen LogP contribution is -2.35. The summed E-state index contributed by atoms with van der Waals surface area (Å²) in [6.45, 7) is 3.60. The molecule has 88 valence electrons. The van der Waals surface area contributed by atoms with E-state index >= 15 is 0 Å². The van der Waals surface area contributed by atoms with E-state index in [1.807, 2.05) is 12.1 Å². The first-order valence-electron chi connectivity index (χ1n) is 5.94. The number of nitrogens with one attached hydrogen (secondary N) is 3. The molecule has 0 radical (unpaired) electrons. The normalized spacial score (nSPS) is 17.5. The minimum atomic E-state index is 0.138. The maximum absolute atomic E-state index is 11.6. The van der Waals surface area contributed by atoms with Crippen molar-refractivity contribution < 1.29 is 4.79 Å². The first-order chi connectivity index (χ1) is 7.86. The van der Waals surface area contributed by atoms with Crippen LogP contribution >= 0.6 is 0 Å². The Hall–Kier alpha value is -1.13. The van der Waals surface area contributed by atoms with Crippen LogP contribution in [0.3, 0.4) is 0 Å². The van der Waals surface area contributed by atoms with E-state index in [0.717, 1.165) is 25.6 Å². The van der Waals surface area contributed by atoms with Gasteiger partial charge < -0.3 is 15.6 Å². The third-order valence-electron chi connectivity index (χ3n) is 3.08. The maximum Gasteiger partial charge on any atom is 0.192 e. The predicted octanol–water partition coefficient (Wildman–Crippen LogP) is 0.787. The fourth-order valence-electron chi connectivity index (χ4n) is 2.07. The topological polar surface area (TPSA) is 56.9 Å². The molecule has 0 aliphatic carbocycles. The zero-order chi connectivity index (χ0) is 11.2. The molecule has 2 heterocycles. The van der Waals surface area contributed by atoms with Gasteiger partial charge in [-0.3, -0.25) is 4.79 Å². The van der Waals surface area contributed by atoms with Crippen molar-refractivity contribution in [2.75, 3.05) is 26.2 Å². The van der Waals surface area contributed by atoms with E-state index < -0.39 is 0 Å². The van der Waals surface area contributed by atoms with Crippen LogP contribution in [-0.2, 0) is 0 Å². The summed E-state index contributed by atoms with van der Waals surface area (Å²) in [6.07, 6.45) is 4.20. The van der Waals surface area contributed by atoms with Gasteiger partial charge in [-0.2, -0.15) is 0 Å². The van der Waals surface area contributed by atoms with Gasteiger partial charge in [-0.1, -0.05) is 0 Å². The lowest BCUT2D eigenvalue weighted by atomic mass is 9.98. The number of H-pyrrole nitrogens is 1. The summed E-state index contributed by atoms with van der Waals surface area (Å²) in [7, 11) is 0. The van der Waals surface area contributed by atoms with Gasteiger partial charge in [0.05, 0.1) is 12.2 Å². The molecule has 0 atom stereocenters. The Morgan fingerprint density at radius 1 is 1.44 bits per heavy atom. The van der Waals surface area contributed by atoms with Crippen LogP contribution in [0.5, 0.6) is 0 Å². The second-order valence-electron chi connectivity index (χ2n) is 4.33. The number of aromatic amines is 1. The number of carbonyl (C=O) groups is 1. The quantitative estimate of drug-likeness (QED) is 0.644. The lowest BCUT2D eigenvalue weighted by Gasteiger charge is -2.22. The highest BCUT2D eigenvalue weighted by Crippen LogP contribution is 2.09. The molecule has 0 spiro atoms. The summed E-state index contributed by atoms with van der Waals surface area (Å²) >= 11 is 0. The van der Waals surface area contributed by atoms with Crippen LogP contribution < -0.4 is 10.6 Å². The number of ketones is 1. The van der Waals surface area contributed by atoms with Crippen LogP contribution in [0.15, 0.2) is 18.3 Å². The third kappa shape index (κ3) is 3.18. The zero-order valence-corrected chi connectivity index (χ0v) is 9.46. The molecule has 0 bridgehead atoms. The van der Waals surface area contributed by atoms with Crippen molar-refractivity contribution in [1.82, 2.24) is 15.6 Å². The summed E-state index contributed by atoms with van der Waals surface area (Å²) in [4.78, 5) is 14.6. The van der Waals surface area contributed by atoms with Crippen LogP contribution in [0.2, 0.25) is 0 Å². The van der Waals surface area contributed by atoms with E-state index in [1.54, 1.807) is 6.20 Å². The number of hydrogen-bond donors (Lipinski definition) is 3. The smallest absolute Gasteiger partial charge is 0.192 e. The monoisotopic (exact) mass is 221 g/mol. The van der Waals surface area contributed by atoms with Gasteiger partial charge in [0.15, 0.2) is 5.78 Å². The van der Waals surface area contributed by atoms with Gasteiger partial charge in [-0.05, 0) is 50.5 Å². The SMILES string of the molecule is O=C(CNCC1CCNCC1)c1ccc[nH]1. The molecule has 4 heteroatoms. The van der Waals surface area contributed by atoms with Gasteiger partial charge in [-0.25, -0.2) is 0 Å². The average molecular weight is 221 g/mol. The summed E-state index contributed by atoms with van der Waals surface area (Å²) in [5, 5.41) is 6.58. The van der Waals surface area contributed by atoms with Gasteiger partial charge in [0.1, 0.15) is 0 Å². The van der Waals surface area contributed by atoms with Crippen LogP contribution in [0.1, 0.15) is 23.3 Å². The van der Waals surface area contributed by atoms with E-state index in [4.69, 9.17) is 0 Å². The van der Waals surface area contributed by atoms with Gasteiger partial charge in [0.2, 0.25) is 0 Å². The number of rotatable bonds is 5. The first kappa shape index (κ1) is 11.4. The van der Waals surface area contributed by atoms with Gasteiger partial charge in [0.25, 0.3) is 0 Å². The van der Waals surface area contributed by atoms with Crippen molar-refractivity contribution in [1.29, 1.82) is 0 Å². The molecule has 1 aliphatic rings. The molecule has 0 saturated carbocycles. The van der Waals surface area contributed by atoms with Crippen molar-refractivity contribution in [3.05, 3.63) is 24.0 Å². The number of hydrogen-bond acceptors (Lipinski definition) is 3. The Kier molecular flexibility index (Phi) is 4.13. The molecular weight excluding hydrogens is 202 g/mol. The van der Waals surface area contributed by atoms with E-state index in [9.17, 15) is 4.79 Å². The van der Waals surface area contributed by atoms with Gasteiger partial charge in [-0.15, -0.1) is 0 Å². The second-order valence-corrected chi connectivity index (χ2v) is 4.33. The molecule has 1 fully saturated rings. The largest absolute Gasteiger partial charge is 0.359 e. The molecule has 3 N–H and O–H groups in total. The number of aromatic nitrogens is 1. The highest BCUT2D eigenvalue weighted by molar-refractivity contribution is 5.95. The number of piperidine rings is 1. The minimum absolute atomic E-state index is 0.138. The molecule has 1 aromatic heterocycles. The molecule has 0 unspecified atom stereocenters. The van der Waals surface area contributed by atoms with Crippen molar-refractivity contribution >= 4 is 5.78 Å². The molecule has 1 saturated heterocycles. The first-order valence-corrected chi connectivity index (χ1v) is 5.94. The Bertz CT molecular complexity index is 315. The fourth-order valence-corrected chi connectivity index (χ4v) is 2.07. The third-order valence-corrected chi connectivity index (χ3v) is 3.08. The molecular formula is C12H19N3O. The van der Waals surface area contributed by atoms with Crippen molar-refractivity contribution in [3.8, 4) is 0 Å². The minimum Gasteiger partial charge on any atom is -0.359 e. The van der Waals surface area contributed by atoms with E-state index in [0.29, 0.717) is 12.2 Å². The second kappa shape index (κ2) is 5.82. The maximum atomic E-state index is 11.6. The Labute approximate surface area is 95.8 Å². The van der Waals surface area contributed by atoms with Crippen molar-refractivity contribution in [3.63, 3.8) is 0 Å². The van der Waals surface area contributed by atoms with Crippen LogP contribution in [0.25, 0.3) is 0 Å². The summed E-state index contributed by atoms with van der Waals surface area (Å²) in [5.41, 5.74) is 0.692. The highest BCUT2D eigenvalue weighted by atomic mass is 16.1. The van der Waals surface area contributed by atoms with Crippen LogP contribution in [0.4, 0.5) is 0 Å². The Balaban J connectivity index is 1.66. The molecule has 4 nitrogen and oxygen atoms in total. The standard InChI is InChI=1S/C12H19N3O/c16-12(11-2-1-5-15-11)9-14-8-10-3-6-13-7-4-10/h1-2,5,10,13-15H,3-4,6-9H2. The van der Waals surface area contributed by atoms with Crippen molar-refractivity contribution in [2.45, 2.75) is 12.8 Å². The fraction of sp³-hybridized carbons (Fsp3) is 0.583. The van der Waals surface area contributed by atoms with Crippen LogP contribution in [-0.4, -0.2) is 36.9 Å². The van der Waals surface area contributed by atoms with E-state index in [1.165, 1.54) is 12.8 Å². The van der Waals surface area contributed by atoms with Gasteiger partial charge >= 0.3 is 0 Å². The molecule has 16 heavy (non-hydrogen) atoms. The highest BCUT2D eigenvalue weighted by Gasteiger charge is 2.13. The predicted molar refractivity (Wildman–Crippen MR) is 63.6 cm³/mol. The van der Waals surface area contributed by atoms with Gasteiger partial charge in [0, 0.05) is 6.20 Å². The number of Topliss-reactive ketones (excluding diaryl/α,β-unsaturated/α-hetero) is 1. The Morgan fingerprint density at radius 3 is 2.94 bits per heavy atom. The summed E-state index contributed by atoms with van der Waals surface area (Å²) in [5.74, 6) is 0.858. The average Bonchev–Trinajstić information content (AvgIpc) is 2.84. The summed E-state index contributed by atoms with van der Waals surface area (Å²) in [6, 6.07) is 3.66. The number of carbonyl (C=O) groups excluding carboxylic acids is 1. The Morgan fingerprint density at radius 2 is 2.25 bits per heavy atom. The van der Waals surface area contributed by atoms with Crippen molar-refractivity contribution in [2.24, 2.45) is 5.92 Å². The molecule has 1 aliphatic heterocycles. The molecule has 0 aromatic carbocycles. The zero-order valence-electron chi connectivity index (χ0n) is 9.46. The summed E-state index contributed by atoms with van der Waals surface area (Å²) < 4.78 is 0. The molecule has 2 rings (SSSR count). The molecule has 0 amide bonds. The lowest BCUT2D eigenvalue weighted by molar-refractivity contribution is 0.0985. The molecule has 1 aromatic rings. The van der Waals surface area contributed by atoms with Crippen LogP contribution in [0, 0.1) is 5.92 Å².